The van der Waals surface area contributed by atoms with Gasteiger partial charge in [-0.05, 0) is 48.2 Å². The first-order valence-corrected chi connectivity index (χ1v) is 9.32. The fourth-order valence-corrected chi connectivity index (χ4v) is 3.88. The molecule has 1 amide bonds. The van der Waals surface area contributed by atoms with Crippen molar-refractivity contribution in [2.24, 2.45) is 0 Å². The third kappa shape index (κ3) is 3.38. The number of halogens is 1. The molecule has 2 aromatic carbocycles. The van der Waals surface area contributed by atoms with Crippen LogP contribution in [0, 0.1) is 0 Å². The molecule has 0 aliphatic carbocycles. The van der Waals surface area contributed by atoms with Crippen molar-refractivity contribution in [3.8, 4) is 11.5 Å². The van der Waals surface area contributed by atoms with Gasteiger partial charge in [-0.2, -0.15) is 0 Å². The summed E-state index contributed by atoms with van der Waals surface area (Å²) in [5, 5.41) is 0. The largest absolute Gasteiger partial charge is 0.493 e. The molecule has 26 heavy (non-hydrogen) atoms. The van der Waals surface area contributed by atoms with Gasteiger partial charge in [0.05, 0.1) is 26.9 Å². The third-order valence-electron chi connectivity index (χ3n) is 4.58. The second-order valence-corrected chi connectivity index (χ2v) is 6.83. The number of carbonyl (C=O) groups is 1. The molecular weight excluding hydrogens is 398 g/mol. The lowest BCUT2D eigenvalue weighted by Crippen LogP contribution is -2.41. The summed E-state index contributed by atoms with van der Waals surface area (Å²) in [7, 11) is 3.24. The summed E-state index contributed by atoms with van der Waals surface area (Å²) in [6.45, 7) is 2.74. The second kappa shape index (κ2) is 7.99. The Balaban J connectivity index is 2.17. The van der Waals surface area contributed by atoms with E-state index in [0.29, 0.717) is 24.7 Å². The van der Waals surface area contributed by atoms with Crippen molar-refractivity contribution in [2.45, 2.75) is 19.4 Å². The van der Waals surface area contributed by atoms with Crippen LogP contribution in [0.1, 0.15) is 29.7 Å². The zero-order chi connectivity index (χ0) is 18.7. The standard InChI is InChI=1S/C20H22BrNO4/c1-4-26-20(23)22-10-9-13-11-17(24-2)18(25-3)12-15(13)19(22)14-7-5-6-8-16(14)21/h5-8,11-12,19H,4,9-10H2,1-3H3/t19-/m1/s1. The Morgan fingerprint density at radius 3 is 2.50 bits per heavy atom. The van der Waals surface area contributed by atoms with Gasteiger partial charge in [0.1, 0.15) is 0 Å². The van der Waals surface area contributed by atoms with E-state index in [4.69, 9.17) is 14.2 Å². The van der Waals surface area contributed by atoms with E-state index in [1.54, 1.807) is 19.1 Å². The Morgan fingerprint density at radius 1 is 1.15 bits per heavy atom. The van der Waals surface area contributed by atoms with E-state index in [-0.39, 0.29) is 12.1 Å². The summed E-state index contributed by atoms with van der Waals surface area (Å²) in [5.41, 5.74) is 3.17. The summed E-state index contributed by atoms with van der Waals surface area (Å²) in [4.78, 5) is 14.4. The van der Waals surface area contributed by atoms with Gasteiger partial charge in [0.15, 0.2) is 11.5 Å². The summed E-state index contributed by atoms with van der Waals surface area (Å²) in [6, 6.07) is 11.6. The summed E-state index contributed by atoms with van der Waals surface area (Å²) < 4.78 is 17.2. The maximum atomic E-state index is 12.6. The van der Waals surface area contributed by atoms with Crippen LogP contribution in [0.3, 0.4) is 0 Å². The molecule has 0 spiro atoms. The van der Waals surface area contributed by atoms with Gasteiger partial charge < -0.3 is 14.2 Å². The highest BCUT2D eigenvalue weighted by Gasteiger charge is 2.35. The van der Waals surface area contributed by atoms with Gasteiger partial charge in [0, 0.05) is 11.0 Å². The van der Waals surface area contributed by atoms with Gasteiger partial charge in [-0.25, -0.2) is 4.79 Å². The van der Waals surface area contributed by atoms with Gasteiger partial charge in [-0.15, -0.1) is 0 Å². The van der Waals surface area contributed by atoms with Crippen LogP contribution in [-0.2, 0) is 11.2 Å². The molecule has 0 unspecified atom stereocenters. The smallest absolute Gasteiger partial charge is 0.410 e. The highest BCUT2D eigenvalue weighted by molar-refractivity contribution is 9.10. The minimum absolute atomic E-state index is 0.256. The maximum absolute atomic E-state index is 12.6. The molecule has 6 heteroatoms. The summed E-state index contributed by atoms with van der Waals surface area (Å²) in [6.07, 6.45) is 0.420. The Kier molecular flexibility index (Phi) is 5.71. The first-order valence-electron chi connectivity index (χ1n) is 8.53. The minimum Gasteiger partial charge on any atom is -0.493 e. The third-order valence-corrected chi connectivity index (χ3v) is 5.30. The monoisotopic (exact) mass is 419 g/mol. The van der Waals surface area contributed by atoms with Crippen molar-refractivity contribution in [1.29, 1.82) is 0 Å². The Bertz CT molecular complexity index is 808. The average Bonchev–Trinajstić information content (AvgIpc) is 2.66. The number of fused-ring (bicyclic) bond motifs is 1. The summed E-state index contributed by atoms with van der Waals surface area (Å²) in [5.74, 6) is 1.34. The molecule has 0 N–H and O–H groups in total. The zero-order valence-electron chi connectivity index (χ0n) is 15.1. The predicted octanol–water partition coefficient (Wildman–Crippen LogP) is 4.57. The Labute approximate surface area is 162 Å². The number of hydrogen-bond donors (Lipinski definition) is 0. The van der Waals surface area contributed by atoms with Gasteiger partial charge in [-0.3, -0.25) is 4.90 Å². The molecule has 0 radical (unpaired) electrons. The molecule has 1 aliphatic rings. The number of hydrogen-bond acceptors (Lipinski definition) is 4. The molecule has 2 aromatic rings. The van der Waals surface area contributed by atoms with Crippen molar-refractivity contribution >= 4 is 22.0 Å². The van der Waals surface area contributed by atoms with Crippen LogP contribution in [0.5, 0.6) is 11.5 Å². The van der Waals surface area contributed by atoms with Crippen LogP contribution in [-0.4, -0.2) is 38.4 Å². The molecule has 0 aromatic heterocycles. The quantitative estimate of drug-likeness (QED) is 0.727. The fraction of sp³-hybridized carbons (Fsp3) is 0.350. The number of methoxy groups -OCH3 is 2. The zero-order valence-corrected chi connectivity index (χ0v) is 16.7. The lowest BCUT2D eigenvalue weighted by atomic mass is 9.88. The van der Waals surface area contributed by atoms with Gasteiger partial charge in [0.25, 0.3) is 0 Å². The number of nitrogens with zero attached hydrogens (tertiary/aromatic N) is 1. The highest BCUT2D eigenvalue weighted by atomic mass is 79.9. The molecule has 138 valence electrons. The first kappa shape index (κ1) is 18.6. The fourth-order valence-electron chi connectivity index (χ4n) is 3.38. The van der Waals surface area contributed by atoms with Crippen molar-refractivity contribution in [3.63, 3.8) is 0 Å². The predicted molar refractivity (Wildman–Crippen MR) is 103 cm³/mol. The minimum atomic E-state index is -0.311. The highest BCUT2D eigenvalue weighted by Crippen LogP contribution is 2.42. The van der Waals surface area contributed by atoms with Crippen LogP contribution < -0.4 is 9.47 Å². The topological polar surface area (TPSA) is 48.0 Å². The molecule has 0 fully saturated rings. The van der Waals surface area contributed by atoms with Gasteiger partial charge in [0.2, 0.25) is 0 Å². The number of amides is 1. The molecule has 0 saturated heterocycles. The van der Waals surface area contributed by atoms with Crippen LogP contribution in [0.4, 0.5) is 4.79 Å². The van der Waals surface area contributed by atoms with E-state index in [9.17, 15) is 4.79 Å². The number of carbonyl (C=O) groups excluding carboxylic acids is 1. The van der Waals surface area contributed by atoms with Crippen LogP contribution in [0.15, 0.2) is 40.9 Å². The maximum Gasteiger partial charge on any atom is 0.410 e. The first-order chi connectivity index (χ1) is 12.6. The molecule has 1 heterocycles. The van der Waals surface area contributed by atoms with Crippen molar-refractivity contribution in [3.05, 3.63) is 57.6 Å². The number of benzene rings is 2. The average molecular weight is 420 g/mol. The van der Waals surface area contributed by atoms with Crippen LogP contribution >= 0.6 is 15.9 Å². The molecule has 0 bridgehead atoms. The van der Waals surface area contributed by atoms with E-state index >= 15 is 0 Å². The van der Waals surface area contributed by atoms with Gasteiger partial charge in [-0.1, -0.05) is 34.1 Å². The molecule has 1 atom stereocenters. The van der Waals surface area contributed by atoms with Crippen LogP contribution in [0.25, 0.3) is 0 Å². The SMILES string of the molecule is CCOC(=O)N1CCc2cc(OC)c(OC)cc2[C@H]1c1ccccc1Br. The van der Waals surface area contributed by atoms with Gasteiger partial charge >= 0.3 is 6.09 Å². The molecule has 0 saturated carbocycles. The van der Waals surface area contributed by atoms with Crippen molar-refractivity contribution in [1.82, 2.24) is 4.90 Å². The number of ether oxygens (including phenoxy) is 3. The van der Waals surface area contributed by atoms with E-state index in [2.05, 4.69) is 15.9 Å². The normalized spacial score (nSPS) is 16.0. The van der Waals surface area contributed by atoms with Crippen molar-refractivity contribution in [2.75, 3.05) is 27.4 Å². The second-order valence-electron chi connectivity index (χ2n) is 5.97. The lowest BCUT2D eigenvalue weighted by Gasteiger charge is -2.37. The Hall–Kier alpha value is -2.21. The van der Waals surface area contributed by atoms with E-state index < -0.39 is 0 Å². The lowest BCUT2D eigenvalue weighted by molar-refractivity contribution is 0.0935. The molecule has 5 nitrogen and oxygen atoms in total. The van der Waals surface area contributed by atoms with E-state index in [1.807, 2.05) is 43.3 Å². The molecule has 3 rings (SSSR count). The Morgan fingerprint density at radius 2 is 1.85 bits per heavy atom. The van der Waals surface area contributed by atoms with E-state index in [0.717, 1.165) is 27.6 Å². The van der Waals surface area contributed by atoms with E-state index in [1.165, 1.54) is 0 Å². The number of rotatable bonds is 4. The van der Waals surface area contributed by atoms with Crippen molar-refractivity contribution < 1.29 is 19.0 Å². The summed E-state index contributed by atoms with van der Waals surface area (Å²) >= 11 is 3.63. The molecule has 1 aliphatic heterocycles. The molecular formula is C20H22BrNO4. The van der Waals surface area contributed by atoms with Crippen LogP contribution in [0.2, 0.25) is 0 Å².